The molecule has 0 radical (unpaired) electrons. The summed E-state index contributed by atoms with van der Waals surface area (Å²) in [5, 5.41) is 0. The lowest BCUT2D eigenvalue weighted by molar-refractivity contribution is 0.458. The predicted molar refractivity (Wildman–Crippen MR) is 51.6 cm³/mol. The van der Waals surface area contributed by atoms with Gasteiger partial charge in [-0.3, -0.25) is 4.55 Å². The molecule has 1 atom stereocenters. The van der Waals surface area contributed by atoms with Gasteiger partial charge >= 0.3 is 11.4 Å². The summed E-state index contributed by atoms with van der Waals surface area (Å²) in [5.41, 5.74) is 7.21. The molecule has 5 heteroatoms. The lowest BCUT2D eigenvalue weighted by Crippen LogP contribution is -1.99. The quantitative estimate of drug-likeness (QED) is 0.572. The minimum atomic E-state index is -2.27. The summed E-state index contributed by atoms with van der Waals surface area (Å²) in [7, 11) is 0. The molecule has 1 aromatic carbocycles. The van der Waals surface area contributed by atoms with E-state index in [-0.39, 0.29) is 0 Å². The number of nitrogens with two attached hydrogens (primary N) is 1. The van der Waals surface area contributed by atoms with Crippen LogP contribution in [0.1, 0.15) is 12.5 Å². The molecule has 72 valence electrons. The number of nitrogen functional groups attached to an aromatic ring is 1. The van der Waals surface area contributed by atoms with Crippen molar-refractivity contribution in [2.75, 3.05) is 5.73 Å². The van der Waals surface area contributed by atoms with Gasteiger partial charge in [-0.25, -0.2) is 0 Å². The highest BCUT2D eigenvalue weighted by Gasteiger charge is 2.02. The third-order valence-electron chi connectivity index (χ3n) is 1.66. The van der Waals surface area contributed by atoms with Crippen molar-refractivity contribution in [3.63, 3.8) is 0 Å². The number of hydrogen-bond acceptors (Lipinski definition) is 3. The van der Waals surface area contributed by atoms with Crippen LogP contribution in [0.5, 0.6) is 5.75 Å². The summed E-state index contributed by atoms with van der Waals surface area (Å²) in [4.78, 5) is 0. The van der Waals surface area contributed by atoms with Crippen molar-refractivity contribution in [2.24, 2.45) is 0 Å². The van der Waals surface area contributed by atoms with Crippen molar-refractivity contribution in [3.05, 3.63) is 23.8 Å². The molecule has 0 fully saturated rings. The van der Waals surface area contributed by atoms with Crippen LogP contribution in [0.4, 0.5) is 5.69 Å². The van der Waals surface area contributed by atoms with E-state index in [1.807, 2.05) is 6.92 Å². The van der Waals surface area contributed by atoms with Crippen molar-refractivity contribution < 1.29 is 12.9 Å². The summed E-state index contributed by atoms with van der Waals surface area (Å²) in [6, 6.07) is 4.87. The second kappa shape index (κ2) is 4.25. The Bertz CT molecular complexity index is 327. The van der Waals surface area contributed by atoms with Gasteiger partial charge in [0.15, 0.2) is 0 Å². The Hall–Kier alpha value is -1.07. The highest BCUT2D eigenvalue weighted by atomic mass is 32.2. The fourth-order valence-electron chi connectivity index (χ4n) is 1.02. The molecule has 4 nitrogen and oxygen atoms in total. The molecule has 0 heterocycles. The van der Waals surface area contributed by atoms with Gasteiger partial charge in [0.25, 0.3) is 0 Å². The van der Waals surface area contributed by atoms with E-state index in [2.05, 4.69) is 4.18 Å². The first-order valence-corrected chi connectivity index (χ1v) is 4.84. The number of hydrogen-bond donors (Lipinski definition) is 2. The zero-order chi connectivity index (χ0) is 9.84. The molecule has 0 amide bonds. The molecule has 1 unspecified atom stereocenters. The second-order valence-electron chi connectivity index (χ2n) is 2.51. The van der Waals surface area contributed by atoms with E-state index in [1.165, 1.54) is 0 Å². The zero-order valence-corrected chi connectivity index (χ0v) is 8.00. The minimum Gasteiger partial charge on any atom is -0.399 e. The van der Waals surface area contributed by atoms with E-state index >= 15 is 0 Å². The topological polar surface area (TPSA) is 72.5 Å². The maximum absolute atomic E-state index is 10.3. The molecule has 0 bridgehead atoms. The number of anilines is 1. The Balaban J connectivity index is 2.92. The van der Waals surface area contributed by atoms with Crippen LogP contribution in [0.2, 0.25) is 0 Å². The molecule has 0 aliphatic carbocycles. The van der Waals surface area contributed by atoms with Crippen molar-refractivity contribution in [3.8, 4) is 5.75 Å². The molecule has 0 aromatic heterocycles. The molecule has 0 saturated carbocycles. The SMILES string of the molecule is CCc1cc(OS(=O)O)ccc1N. The van der Waals surface area contributed by atoms with E-state index in [4.69, 9.17) is 10.3 Å². The molecule has 0 spiro atoms. The first-order chi connectivity index (χ1) is 6.13. The van der Waals surface area contributed by atoms with E-state index in [0.717, 1.165) is 12.0 Å². The Morgan fingerprint density at radius 3 is 2.85 bits per heavy atom. The summed E-state index contributed by atoms with van der Waals surface area (Å²) in [6.45, 7) is 1.95. The van der Waals surface area contributed by atoms with Crippen LogP contribution in [0.15, 0.2) is 18.2 Å². The van der Waals surface area contributed by atoms with Gasteiger partial charge in [-0.15, -0.1) is 0 Å². The van der Waals surface area contributed by atoms with Crippen LogP contribution < -0.4 is 9.92 Å². The van der Waals surface area contributed by atoms with Gasteiger partial charge in [0.05, 0.1) is 0 Å². The normalized spacial score (nSPS) is 12.5. The minimum absolute atomic E-state index is 0.354. The van der Waals surface area contributed by atoms with Crippen molar-refractivity contribution in [2.45, 2.75) is 13.3 Å². The highest BCUT2D eigenvalue weighted by molar-refractivity contribution is 7.74. The van der Waals surface area contributed by atoms with Crippen molar-refractivity contribution in [1.82, 2.24) is 0 Å². The monoisotopic (exact) mass is 201 g/mol. The molecule has 1 rings (SSSR count). The Kier molecular flexibility index (Phi) is 3.27. The van der Waals surface area contributed by atoms with Gasteiger partial charge < -0.3 is 9.92 Å². The van der Waals surface area contributed by atoms with Crippen LogP contribution in [-0.4, -0.2) is 8.76 Å². The van der Waals surface area contributed by atoms with E-state index in [1.54, 1.807) is 18.2 Å². The zero-order valence-electron chi connectivity index (χ0n) is 7.19. The maximum Gasteiger partial charge on any atom is 0.357 e. The summed E-state index contributed by atoms with van der Waals surface area (Å²) in [5.74, 6) is 0.354. The smallest absolute Gasteiger partial charge is 0.357 e. The maximum atomic E-state index is 10.3. The first kappa shape index (κ1) is 10.0. The molecule has 1 aromatic rings. The Labute approximate surface area is 79.2 Å². The molecule has 3 N–H and O–H groups in total. The van der Waals surface area contributed by atoms with Gasteiger partial charge in [-0.2, -0.15) is 4.21 Å². The molecule has 0 aliphatic rings. The van der Waals surface area contributed by atoms with Crippen LogP contribution in [0.3, 0.4) is 0 Å². The van der Waals surface area contributed by atoms with E-state index in [0.29, 0.717) is 11.4 Å². The predicted octanol–water partition coefficient (Wildman–Crippen LogP) is 1.35. The third-order valence-corrected chi connectivity index (χ3v) is 2.00. The summed E-state index contributed by atoms with van der Waals surface area (Å²) < 4.78 is 23.4. The van der Waals surface area contributed by atoms with E-state index in [9.17, 15) is 4.21 Å². The first-order valence-electron chi connectivity index (χ1n) is 3.81. The van der Waals surface area contributed by atoms with Gasteiger partial charge in [-0.05, 0) is 30.2 Å². The highest BCUT2D eigenvalue weighted by Crippen LogP contribution is 2.20. The van der Waals surface area contributed by atoms with Crippen molar-refractivity contribution in [1.29, 1.82) is 0 Å². The molecule has 13 heavy (non-hydrogen) atoms. The molecule has 0 aliphatic heterocycles. The fourth-order valence-corrected chi connectivity index (χ4v) is 1.29. The average molecular weight is 201 g/mol. The Morgan fingerprint density at radius 1 is 1.62 bits per heavy atom. The standard InChI is InChI=1S/C8H11NO3S/c1-2-6-5-7(12-13(10)11)3-4-8(6)9/h3-5H,2,9H2,1H3,(H,10,11). The fraction of sp³-hybridized carbons (Fsp3) is 0.250. The largest absolute Gasteiger partial charge is 0.399 e. The van der Waals surface area contributed by atoms with Crippen LogP contribution in [0.25, 0.3) is 0 Å². The second-order valence-corrected chi connectivity index (χ2v) is 3.12. The van der Waals surface area contributed by atoms with Crippen molar-refractivity contribution >= 4 is 17.0 Å². The van der Waals surface area contributed by atoms with Crippen LogP contribution in [-0.2, 0) is 17.8 Å². The number of benzene rings is 1. The van der Waals surface area contributed by atoms with Gasteiger partial charge in [-0.1, -0.05) is 6.92 Å². The lowest BCUT2D eigenvalue weighted by atomic mass is 10.1. The number of rotatable bonds is 3. The third kappa shape index (κ3) is 2.71. The van der Waals surface area contributed by atoms with Gasteiger partial charge in [0, 0.05) is 5.69 Å². The van der Waals surface area contributed by atoms with Crippen LogP contribution >= 0.6 is 0 Å². The number of aryl methyl sites for hydroxylation is 1. The molecule has 0 saturated heterocycles. The summed E-state index contributed by atoms with van der Waals surface area (Å²) in [6.07, 6.45) is 0.765. The Morgan fingerprint density at radius 2 is 2.31 bits per heavy atom. The van der Waals surface area contributed by atoms with E-state index < -0.39 is 11.4 Å². The lowest BCUT2D eigenvalue weighted by Gasteiger charge is -2.05. The van der Waals surface area contributed by atoms with Gasteiger partial charge in [0.1, 0.15) is 5.75 Å². The average Bonchev–Trinajstić information content (AvgIpc) is 2.07. The molecular weight excluding hydrogens is 190 g/mol. The summed E-state index contributed by atoms with van der Waals surface area (Å²) >= 11 is -2.27. The van der Waals surface area contributed by atoms with Crippen LogP contribution in [0, 0.1) is 0 Å². The van der Waals surface area contributed by atoms with Gasteiger partial charge in [0.2, 0.25) is 0 Å². The molecular formula is C8H11NO3S.